The van der Waals surface area contributed by atoms with Crippen molar-refractivity contribution in [3.63, 3.8) is 0 Å². The summed E-state index contributed by atoms with van der Waals surface area (Å²) < 4.78 is 1.02. The fourth-order valence-corrected chi connectivity index (χ4v) is 3.70. The van der Waals surface area contributed by atoms with Gasteiger partial charge in [-0.25, -0.2) is 15.0 Å². The van der Waals surface area contributed by atoms with Crippen LogP contribution in [0.2, 0.25) is 0 Å². The molecule has 0 aliphatic rings. The third-order valence-electron chi connectivity index (χ3n) is 4.17. The molecule has 1 aromatic carbocycles. The van der Waals surface area contributed by atoms with Gasteiger partial charge < -0.3 is 10.4 Å². The molecular formula is C19H19N5O2S. The van der Waals surface area contributed by atoms with Crippen LogP contribution in [0.1, 0.15) is 36.9 Å². The first-order chi connectivity index (χ1) is 13.0. The summed E-state index contributed by atoms with van der Waals surface area (Å²) in [4.78, 5) is 24.3. The fraction of sp³-hybridized carbons (Fsp3) is 0.316. The van der Waals surface area contributed by atoms with Gasteiger partial charge in [0.15, 0.2) is 0 Å². The third kappa shape index (κ3) is 4.38. The lowest BCUT2D eigenvalue weighted by Gasteiger charge is -2.20. The van der Waals surface area contributed by atoms with Gasteiger partial charge in [-0.1, -0.05) is 26.0 Å². The normalized spacial score (nSPS) is 13.3. The van der Waals surface area contributed by atoms with Crippen molar-refractivity contribution in [2.24, 2.45) is 5.92 Å². The number of anilines is 1. The molecule has 0 aliphatic carbocycles. The smallest absolute Gasteiger partial charge is 0.305 e. The van der Waals surface area contributed by atoms with Crippen molar-refractivity contribution in [3.05, 3.63) is 47.2 Å². The Bertz CT molecular complexity index is 962. The quantitative estimate of drug-likeness (QED) is 0.642. The Labute approximate surface area is 160 Å². The van der Waals surface area contributed by atoms with Gasteiger partial charge in [-0.05, 0) is 24.1 Å². The number of carbonyl (C=O) groups is 1. The lowest BCUT2D eigenvalue weighted by Crippen LogP contribution is -2.29. The molecule has 0 saturated carbocycles. The van der Waals surface area contributed by atoms with Gasteiger partial charge in [0.2, 0.25) is 5.95 Å². The highest BCUT2D eigenvalue weighted by Gasteiger charge is 2.22. The minimum absolute atomic E-state index is 0.0369. The van der Waals surface area contributed by atoms with E-state index in [4.69, 9.17) is 5.11 Å². The zero-order valence-electron chi connectivity index (χ0n) is 15.0. The first-order valence-electron chi connectivity index (χ1n) is 8.54. The molecule has 8 heteroatoms. The van der Waals surface area contributed by atoms with Crippen molar-refractivity contribution in [1.82, 2.24) is 15.0 Å². The van der Waals surface area contributed by atoms with Crippen LogP contribution >= 0.6 is 11.3 Å². The Kier molecular flexibility index (Phi) is 5.62. The SMILES string of the molecule is CC(C)C(CC(=O)O)Nc1nccc(C(C#N)c2nc3ccccc3s2)n1. The average Bonchev–Trinajstić information content (AvgIpc) is 3.05. The number of carboxylic acid groups (broad SMARTS) is 1. The van der Waals surface area contributed by atoms with Crippen molar-refractivity contribution >= 4 is 33.5 Å². The van der Waals surface area contributed by atoms with E-state index in [1.807, 2.05) is 38.1 Å². The number of nitrogens with one attached hydrogen (secondary N) is 1. The summed E-state index contributed by atoms with van der Waals surface area (Å²) in [7, 11) is 0. The van der Waals surface area contributed by atoms with Crippen LogP contribution in [0, 0.1) is 17.2 Å². The van der Waals surface area contributed by atoms with Gasteiger partial charge >= 0.3 is 5.97 Å². The Morgan fingerprint density at radius 3 is 2.74 bits per heavy atom. The number of nitriles is 1. The summed E-state index contributed by atoms with van der Waals surface area (Å²) in [6, 6.07) is 11.4. The number of benzene rings is 1. The Hall–Kier alpha value is -3.05. The van der Waals surface area contributed by atoms with Gasteiger partial charge in [-0.2, -0.15) is 5.26 Å². The van der Waals surface area contributed by atoms with Gasteiger partial charge in [0.25, 0.3) is 0 Å². The number of aromatic nitrogens is 3. The van der Waals surface area contributed by atoms with Crippen molar-refractivity contribution in [3.8, 4) is 6.07 Å². The van der Waals surface area contributed by atoms with Gasteiger partial charge in [0.05, 0.1) is 28.4 Å². The van der Waals surface area contributed by atoms with Crippen LogP contribution in [0.25, 0.3) is 10.2 Å². The zero-order valence-corrected chi connectivity index (χ0v) is 15.8. The molecule has 2 N–H and O–H groups in total. The van der Waals surface area contributed by atoms with E-state index in [9.17, 15) is 10.1 Å². The number of nitrogens with zero attached hydrogens (tertiary/aromatic N) is 4. The molecule has 138 valence electrons. The highest BCUT2D eigenvalue weighted by Crippen LogP contribution is 2.30. The van der Waals surface area contributed by atoms with Crippen LogP contribution < -0.4 is 5.32 Å². The Morgan fingerprint density at radius 1 is 1.30 bits per heavy atom. The molecule has 0 radical (unpaired) electrons. The van der Waals surface area contributed by atoms with E-state index >= 15 is 0 Å². The summed E-state index contributed by atoms with van der Waals surface area (Å²) in [5, 5.41) is 22.5. The molecule has 2 heterocycles. The van der Waals surface area contributed by atoms with Crippen LogP contribution in [-0.4, -0.2) is 32.1 Å². The van der Waals surface area contributed by atoms with Gasteiger partial charge in [-0.15, -0.1) is 11.3 Å². The maximum Gasteiger partial charge on any atom is 0.305 e. The van der Waals surface area contributed by atoms with Gasteiger partial charge in [0, 0.05) is 12.2 Å². The van der Waals surface area contributed by atoms with Crippen LogP contribution in [-0.2, 0) is 4.79 Å². The minimum Gasteiger partial charge on any atom is -0.481 e. The lowest BCUT2D eigenvalue weighted by atomic mass is 10.0. The predicted molar refractivity (Wildman–Crippen MR) is 104 cm³/mol. The van der Waals surface area contributed by atoms with E-state index in [-0.39, 0.29) is 18.4 Å². The maximum absolute atomic E-state index is 11.1. The number of aliphatic carboxylic acids is 1. The van der Waals surface area contributed by atoms with Gasteiger partial charge in [-0.3, -0.25) is 4.79 Å². The molecule has 2 atom stereocenters. The summed E-state index contributed by atoms with van der Waals surface area (Å²) in [6.45, 7) is 3.87. The van der Waals surface area contributed by atoms with Crippen LogP contribution in [0.4, 0.5) is 5.95 Å². The number of para-hydroxylation sites is 1. The van der Waals surface area contributed by atoms with E-state index in [1.165, 1.54) is 11.3 Å². The topological polar surface area (TPSA) is 112 Å². The van der Waals surface area contributed by atoms with Crippen LogP contribution in [0.3, 0.4) is 0 Å². The van der Waals surface area contributed by atoms with Crippen molar-refractivity contribution < 1.29 is 9.90 Å². The molecule has 7 nitrogen and oxygen atoms in total. The summed E-state index contributed by atoms with van der Waals surface area (Å²) >= 11 is 1.47. The number of fused-ring (bicyclic) bond motifs is 1. The van der Waals surface area contributed by atoms with E-state index in [1.54, 1.807) is 12.3 Å². The second-order valence-corrected chi connectivity index (χ2v) is 7.54. The number of carboxylic acids is 1. The monoisotopic (exact) mass is 381 g/mol. The van der Waals surface area contributed by atoms with Gasteiger partial charge in [0.1, 0.15) is 10.9 Å². The minimum atomic E-state index is -0.887. The number of thiazole rings is 1. The molecule has 0 aliphatic heterocycles. The largest absolute Gasteiger partial charge is 0.481 e. The second-order valence-electron chi connectivity index (χ2n) is 6.48. The highest BCUT2D eigenvalue weighted by molar-refractivity contribution is 7.18. The molecule has 0 amide bonds. The van der Waals surface area contributed by atoms with E-state index in [0.29, 0.717) is 16.6 Å². The van der Waals surface area contributed by atoms with E-state index in [0.717, 1.165) is 10.2 Å². The molecule has 2 unspecified atom stereocenters. The average molecular weight is 381 g/mol. The Morgan fingerprint density at radius 2 is 2.07 bits per heavy atom. The van der Waals surface area contributed by atoms with E-state index < -0.39 is 11.9 Å². The number of hydrogen-bond donors (Lipinski definition) is 2. The molecule has 2 aromatic heterocycles. The van der Waals surface area contributed by atoms with E-state index in [2.05, 4.69) is 26.3 Å². The molecule has 3 rings (SSSR count). The molecule has 27 heavy (non-hydrogen) atoms. The summed E-state index contributed by atoms with van der Waals surface area (Å²) in [5.41, 5.74) is 1.39. The first kappa shape index (κ1) is 18.7. The summed E-state index contributed by atoms with van der Waals surface area (Å²) in [6.07, 6.45) is 1.53. The van der Waals surface area contributed by atoms with Crippen molar-refractivity contribution in [2.75, 3.05) is 5.32 Å². The lowest BCUT2D eigenvalue weighted by molar-refractivity contribution is -0.137. The standard InChI is InChI=1S/C19H19N5O2S/c1-11(2)15(9-17(25)26)24-19-21-8-7-13(23-19)12(10-20)18-22-14-5-3-4-6-16(14)27-18/h3-8,11-12,15H,9H2,1-2H3,(H,25,26)(H,21,23,24). The molecule has 3 aromatic rings. The number of rotatable bonds is 7. The van der Waals surface area contributed by atoms with Crippen molar-refractivity contribution in [1.29, 1.82) is 5.26 Å². The molecule has 0 bridgehead atoms. The summed E-state index contributed by atoms with van der Waals surface area (Å²) in [5.74, 6) is -1.09. The predicted octanol–water partition coefficient (Wildman–Crippen LogP) is 3.65. The second kappa shape index (κ2) is 8.10. The van der Waals surface area contributed by atoms with Crippen molar-refractivity contribution in [2.45, 2.75) is 32.2 Å². The number of hydrogen-bond acceptors (Lipinski definition) is 7. The maximum atomic E-state index is 11.1. The highest BCUT2D eigenvalue weighted by atomic mass is 32.1. The first-order valence-corrected chi connectivity index (χ1v) is 9.36. The van der Waals surface area contributed by atoms with Crippen LogP contribution in [0.15, 0.2) is 36.5 Å². The zero-order chi connectivity index (χ0) is 19.4. The fourth-order valence-electron chi connectivity index (χ4n) is 2.67. The van der Waals surface area contributed by atoms with Crippen LogP contribution in [0.5, 0.6) is 0 Å². The molecule has 0 spiro atoms. The molecule has 0 saturated heterocycles. The Balaban J connectivity index is 1.88. The molecular weight excluding hydrogens is 362 g/mol. The molecule has 0 fully saturated rings. The third-order valence-corrected chi connectivity index (χ3v) is 5.27.